The summed E-state index contributed by atoms with van der Waals surface area (Å²) in [5.41, 5.74) is 1.76. The number of nitrogens with one attached hydrogen (secondary N) is 1. The van der Waals surface area contributed by atoms with Gasteiger partial charge in [0.1, 0.15) is 11.5 Å². The standard InChI is InChI=1S/C20H28N2O4S/c1-4-22(5-2)12-11-21-20(23)19-10-9-18(26-19)15-27(24,25)14-17-8-6-7-16(3)13-17/h6-10,13H,4-5,11-12,14-15H2,1-3H3,(H,21,23). The minimum atomic E-state index is -3.38. The van der Waals surface area contributed by atoms with Gasteiger partial charge in [0.05, 0.1) is 5.75 Å². The Morgan fingerprint density at radius 1 is 1.11 bits per heavy atom. The van der Waals surface area contributed by atoms with Gasteiger partial charge in [-0.05, 0) is 37.7 Å². The van der Waals surface area contributed by atoms with Gasteiger partial charge in [0.2, 0.25) is 0 Å². The molecule has 0 bridgehead atoms. The Hall–Kier alpha value is -2.12. The maximum absolute atomic E-state index is 12.4. The van der Waals surface area contributed by atoms with Crippen molar-refractivity contribution >= 4 is 15.7 Å². The van der Waals surface area contributed by atoms with Crippen LogP contribution >= 0.6 is 0 Å². The van der Waals surface area contributed by atoms with E-state index in [0.717, 1.165) is 30.8 Å². The van der Waals surface area contributed by atoms with Crippen molar-refractivity contribution in [2.45, 2.75) is 32.3 Å². The highest BCUT2D eigenvalue weighted by molar-refractivity contribution is 7.89. The van der Waals surface area contributed by atoms with Crippen LogP contribution in [0.3, 0.4) is 0 Å². The maximum Gasteiger partial charge on any atom is 0.287 e. The number of likely N-dealkylation sites (N-methyl/N-ethyl adjacent to an activating group) is 1. The predicted octanol–water partition coefficient (Wildman–Crippen LogP) is 2.77. The lowest BCUT2D eigenvalue weighted by Gasteiger charge is -2.17. The molecule has 0 aliphatic carbocycles. The van der Waals surface area contributed by atoms with Gasteiger partial charge in [-0.25, -0.2) is 8.42 Å². The Morgan fingerprint density at radius 3 is 2.52 bits per heavy atom. The highest BCUT2D eigenvalue weighted by Crippen LogP contribution is 2.16. The fourth-order valence-electron chi connectivity index (χ4n) is 2.86. The Morgan fingerprint density at radius 2 is 1.85 bits per heavy atom. The van der Waals surface area contributed by atoms with Gasteiger partial charge >= 0.3 is 0 Å². The van der Waals surface area contributed by atoms with Gasteiger partial charge in [-0.15, -0.1) is 0 Å². The van der Waals surface area contributed by atoms with Crippen LogP contribution in [-0.4, -0.2) is 45.4 Å². The molecule has 6 nitrogen and oxygen atoms in total. The van der Waals surface area contributed by atoms with Gasteiger partial charge < -0.3 is 14.6 Å². The van der Waals surface area contributed by atoms with Crippen LogP contribution in [0.1, 0.15) is 41.3 Å². The first-order valence-electron chi connectivity index (χ1n) is 9.18. The van der Waals surface area contributed by atoms with Gasteiger partial charge in [-0.1, -0.05) is 43.7 Å². The minimum Gasteiger partial charge on any atom is -0.455 e. The van der Waals surface area contributed by atoms with Crippen molar-refractivity contribution in [3.05, 3.63) is 59.0 Å². The molecule has 1 amide bonds. The lowest BCUT2D eigenvalue weighted by atomic mass is 10.2. The lowest BCUT2D eigenvalue weighted by Crippen LogP contribution is -2.34. The summed E-state index contributed by atoms with van der Waals surface area (Å²) in [6.45, 7) is 9.20. The Labute approximate surface area is 161 Å². The highest BCUT2D eigenvalue weighted by atomic mass is 32.2. The molecule has 2 rings (SSSR count). The van der Waals surface area contributed by atoms with Crippen LogP contribution in [0.4, 0.5) is 0 Å². The van der Waals surface area contributed by atoms with E-state index in [2.05, 4.69) is 24.1 Å². The monoisotopic (exact) mass is 392 g/mol. The first-order valence-corrected chi connectivity index (χ1v) is 11.0. The smallest absolute Gasteiger partial charge is 0.287 e. The minimum absolute atomic E-state index is 0.0548. The summed E-state index contributed by atoms with van der Waals surface area (Å²) >= 11 is 0. The van der Waals surface area contributed by atoms with Gasteiger partial charge in [0.25, 0.3) is 5.91 Å². The van der Waals surface area contributed by atoms with Gasteiger partial charge in [-0.2, -0.15) is 0 Å². The predicted molar refractivity (Wildman–Crippen MR) is 106 cm³/mol. The van der Waals surface area contributed by atoms with E-state index in [4.69, 9.17) is 4.42 Å². The van der Waals surface area contributed by atoms with Crippen LogP contribution in [0.15, 0.2) is 40.8 Å². The molecule has 0 fully saturated rings. The molecule has 0 saturated heterocycles. The molecule has 0 unspecified atom stereocenters. The number of hydrogen-bond acceptors (Lipinski definition) is 5. The van der Waals surface area contributed by atoms with Crippen LogP contribution in [-0.2, 0) is 21.3 Å². The van der Waals surface area contributed by atoms with Crippen LogP contribution in [0.25, 0.3) is 0 Å². The largest absolute Gasteiger partial charge is 0.455 e. The number of carbonyl (C=O) groups excluding carboxylic acids is 1. The average molecular weight is 393 g/mol. The van der Waals surface area contributed by atoms with E-state index in [-0.39, 0.29) is 28.9 Å². The van der Waals surface area contributed by atoms with E-state index in [1.54, 1.807) is 12.1 Å². The van der Waals surface area contributed by atoms with E-state index in [0.29, 0.717) is 6.54 Å². The summed E-state index contributed by atoms with van der Waals surface area (Å²) in [7, 11) is -3.38. The Bertz CT molecular complexity index is 854. The molecule has 0 aliphatic heterocycles. The molecule has 0 saturated carbocycles. The number of nitrogens with zero attached hydrogens (tertiary/aromatic N) is 1. The molecule has 7 heteroatoms. The fraction of sp³-hybridized carbons (Fsp3) is 0.450. The summed E-state index contributed by atoms with van der Waals surface area (Å²) in [6, 6.07) is 10.5. The quantitative estimate of drug-likeness (QED) is 0.673. The second-order valence-electron chi connectivity index (χ2n) is 6.57. The van der Waals surface area contributed by atoms with Crippen LogP contribution < -0.4 is 5.32 Å². The molecule has 0 atom stereocenters. The maximum atomic E-state index is 12.4. The lowest BCUT2D eigenvalue weighted by molar-refractivity contribution is 0.0919. The molecule has 27 heavy (non-hydrogen) atoms. The second kappa shape index (κ2) is 9.71. The molecule has 1 aromatic heterocycles. The van der Waals surface area contributed by atoms with E-state index in [9.17, 15) is 13.2 Å². The Kier molecular flexibility index (Phi) is 7.62. The summed E-state index contributed by atoms with van der Waals surface area (Å²) < 4.78 is 30.3. The third kappa shape index (κ3) is 6.84. The van der Waals surface area contributed by atoms with Crippen molar-refractivity contribution in [3.8, 4) is 0 Å². The van der Waals surface area contributed by atoms with Crippen molar-refractivity contribution in [3.63, 3.8) is 0 Å². The number of benzene rings is 1. The molecule has 1 heterocycles. The second-order valence-corrected chi connectivity index (χ2v) is 8.63. The molecule has 0 radical (unpaired) electrons. The van der Waals surface area contributed by atoms with E-state index in [1.807, 2.05) is 25.1 Å². The Balaban J connectivity index is 1.91. The number of rotatable bonds is 10. The van der Waals surface area contributed by atoms with Gasteiger partial charge in [0, 0.05) is 13.1 Å². The van der Waals surface area contributed by atoms with E-state index < -0.39 is 9.84 Å². The van der Waals surface area contributed by atoms with E-state index in [1.165, 1.54) is 6.07 Å². The topological polar surface area (TPSA) is 79.6 Å². The van der Waals surface area contributed by atoms with Crippen molar-refractivity contribution < 1.29 is 17.6 Å². The fourth-order valence-corrected chi connectivity index (χ4v) is 4.23. The SMILES string of the molecule is CCN(CC)CCNC(=O)c1ccc(CS(=O)(=O)Cc2cccc(C)c2)o1. The van der Waals surface area contributed by atoms with Gasteiger partial charge in [0.15, 0.2) is 15.6 Å². The average Bonchev–Trinajstić information content (AvgIpc) is 3.06. The summed E-state index contributed by atoms with van der Waals surface area (Å²) in [5, 5.41) is 2.80. The van der Waals surface area contributed by atoms with Crippen molar-refractivity contribution in [2.24, 2.45) is 0 Å². The van der Waals surface area contributed by atoms with Gasteiger partial charge in [-0.3, -0.25) is 4.79 Å². The number of hydrogen-bond donors (Lipinski definition) is 1. The van der Waals surface area contributed by atoms with Crippen LogP contribution in [0, 0.1) is 6.92 Å². The first kappa shape index (κ1) is 21.2. The summed E-state index contributed by atoms with van der Waals surface area (Å²) in [4.78, 5) is 14.3. The molecule has 0 aliphatic rings. The molecular formula is C20H28N2O4S. The molecule has 148 valence electrons. The molecule has 2 aromatic rings. The number of carbonyl (C=O) groups is 1. The number of aryl methyl sites for hydroxylation is 1. The molecule has 1 aromatic carbocycles. The molecule has 1 N–H and O–H groups in total. The zero-order valence-corrected chi connectivity index (χ0v) is 17.0. The van der Waals surface area contributed by atoms with E-state index >= 15 is 0 Å². The van der Waals surface area contributed by atoms with Crippen molar-refractivity contribution in [1.29, 1.82) is 0 Å². The van der Waals surface area contributed by atoms with Crippen molar-refractivity contribution in [2.75, 3.05) is 26.2 Å². The molecular weight excluding hydrogens is 364 g/mol. The van der Waals surface area contributed by atoms with Crippen LogP contribution in [0.2, 0.25) is 0 Å². The zero-order valence-electron chi connectivity index (χ0n) is 16.2. The molecule has 0 spiro atoms. The third-order valence-electron chi connectivity index (χ3n) is 4.32. The normalized spacial score (nSPS) is 11.7. The summed E-state index contributed by atoms with van der Waals surface area (Å²) in [6.07, 6.45) is 0. The number of furan rings is 1. The van der Waals surface area contributed by atoms with Crippen LogP contribution in [0.5, 0.6) is 0 Å². The summed E-state index contributed by atoms with van der Waals surface area (Å²) in [5.74, 6) is -0.203. The number of sulfone groups is 1. The number of amides is 1. The van der Waals surface area contributed by atoms with Crippen molar-refractivity contribution in [1.82, 2.24) is 10.2 Å². The third-order valence-corrected chi connectivity index (χ3v) is 5.82. The first-order chi connectivity index (χ1) is 12.8. The highest BCUT2D eigenvalue weighted by Gasteiger charge is 2.18. The zero-order chi connectivity index (χ0) is 19.9.